The predicted octanol–water partition coefficient (Wildman–Crippen LogP) is 1.52. The summed E-state index contributed by atoms with van der Waals surface area (Å²) in [5, 5.41) is 2.92. The van der Waals surface area contributed by atoms with E-state index in [4.69, 9.17) is 10.5 Å². The van der Waals surface area contributed by atoms with Gasteiger partial charge in [-0.15, -0.1) is 0 Å². The monoisotopic (exact) mass is 431 g/mol. The van der Waals surface area contributed by atoms with E-state index >= 15 is 0 Å². The summed E-state index contributed by atoms with van der Waals surface area (Å²) in [5.74, 6) is -0.466. The number of hydrogen-bond acceptors (Lipinski definition) is 5. The van der Waals surface area contributed by atoms with E-state index < -0.39 is 15.9 Å². The molecule has 0 bridgehead atoms. The normalized spacial score (nSPS) is 17.3. The quantitative estimate of drug-likeness (QED) is 0.689. The molecule has 1 aliphatic rings. The molecule has 2 amide bonds. The van der Waals surface area contributed by atoms with Gasteiger partial charge in [-0.2, -0.15) is 0 Å². The van der Waals surface area contributed by atoms with E-state index in [1.807, 2.05) is 6.07 Å². The third kappa shape index (κ3) is 5.58. The van der Waals surface area contributed by atoms with Gasteiger partial charge in [0.1, 0.15) is 12.4 Å². The van der Waals surface area contributed by atoms with Crippen molar-refractivity contribution in [2.24, 2.45) is 5.73 Å². The highest BCUT2D eigenvalue weighted by Crippen LogP contribution is 2.19. The average molecular weight is 432 g/mol. The van der Waals surface area contributed by atoms with E-state index in [2.05, 4.69) is 5.32 Å². The molecular weight excluding hydrogens is 406 g/mol. The van der Waals surface area contributed by atoms with Gasteiger partial charge in [0.05, 0.1) is 11.8 Å². The summed E-state index contributed by atoms with van der Waals surface area (Å²) in [5.41, 5.74) is 6.86. The zero-order chi connectivity index (χ0) is 21.7. The van der Waals surface area contributed by atoms with E-state index in [1.165, 1.54) is 10.6 Å². The molecule has 0 aliphatic carbocycles. The Bertz CT molecular complexity index is 1040. The zero-order valence-corrected chi connectivity index (χ0v) is 17.5. The SMILES string of the molecule is CS(=O)(=O)N1CCCC(NC(=O)c2cccc(COc3ccccc3C(N)=O)c2)C1. The van der Waals surface area contributed by atoms with Crippen LogP contribution in [0, 0.1) is 0 Å². The number of ether oxygens (including phenoxy) is 1. The summed E-state index contributed by atoms with van der Waals surface area (Å²) >= 11 is 0. The topological polar surface area (TPSA) is 119 Å². The molecule has 1 unspecified atom stereocenters. The maximum Gasteiger partial charge on any atom is 0.252 e. The molecule has 1 aliphatic heterocycles. The van der Waals surface area contributed by atoms with Crippen LogP contribution in [0.1, 0.15) is 39.1 Å². The van der Waals surface area contributed by atoms with E-state index in [9.17, 15) is 18.0 Å². The molecule has 3 N–H and O–H groups in total. The highest BCUT2D eigenvalue weighted by Gasteiger charge is 2.27. The number of nitrogens with one attached hydrogen (secondary N) is 1. The van der Waals surface area contributed by atoms with Crippen molar-refractivity contribution in [2.75, 3.05) is 19.3 Å². The molecule has 160 valence electrons. The van der Waals surface area contributed by atoms with E-state index in [0.29, 0.717) is 29.8 Å². The Kier molecular flexibility index (Phi) is 6.73. The average Bonchev–Trinajstić information content (AvgIpc) is 2.72. The Balaban J connectivity index is 1.64. The molecule has 30 heavy (non-hydrogen) atoms. The summed E-state index contributed by atoms with van der Waals surface area (Å²) in [6.07, 6.45) is 2.60. The van der Waals surface area contributed by atoms with E-state index in [0.717, 1.165) is 12.0 Å². The smallest absolute Gasteiger partial charge is 0.252 e. The minimum Gasteiger partial charge on any atom is -0.488 e. The van der Waals surface area contributed by atoms with E-state index in [-0.39, 0.29) is 25.1 Å². The number of primary amides is 1. The molecule has 1 atom stereocenters. The molecule has 2 aromatic carbocycles. The number of carbonyl (C=O) groups is 2. The molecule has 0 radical (unpaired) electrons. The van der Waals surface area contributed by atoms with Gasteiger partial charge in [0.15, 0.2) is 0 Å². The van der Waals surface area contributed by atoms with Crippen molar-refractivity contribution < 1.29 is 22.7 Å². The van der Waals surface area contributed by atoms with Crippen LogP contribution in [-0.2, 0) is 16.6 Å². The summed E-state index contributed by atoms with van der Waals surface area (Å²) in [6, 6.07) is 13.4. The van der Waals surface area contributed by atoms with Crippen molar-refractivity contribution in [1.82, 2.24) is 9.62 Å². The molecule has 1 saturated heterocycles. The first-order valence-corrected chi connectivity index (χ1v) is 11.5. The van der Waals surface area contributed by atoms with Gasteiger partial charge in [0.2, 0.25) is 10.0 Å². The maximum absolute atomic E-state index is 12.7. The molecular formula is C21H25N3O5S. The van der Waals surface area contributed by atoms with Crippen molar-refractivity contribution in [1.29, 1.82) is 0 Å². The zero-order valence-electron chi connectivity index (χ0n) is 16.7. The molecule has 0 spiro atoms. The van der Waals surface area contributed by atoms with Gasteiger partial charge in [-0.25, -0.2) is 12.7 Å². The van der Waals surface area contributed by atoms with Crippen LogP contribution in [-0.4, -0.2) is 49.9 Å². The fraction of sp³-hybridized carbons (Fsp3) is 0.333. The summed E-state index contributed by atoms with van der Waals surface area (Å²) in [6.45, 7) is 0.915. The number of amides is 2. The second-order valence-electron chi connectivity index (χ2n) is 7.28. The molecule has 1 fully saturated rings. The van der Waals surface area contributed by atoms with Crippen molar-refractivity contribution in [3.63, 3.8) is 0 Å². The largest absolute Gasteiger partial charge is 0.488 e. The minimum atomic E-state index is -3.28. The third-order valence-electron chi connectivity index (χ3n) is 4.92. The summed E-state index contributed by atoms with van der Waals surface area (Å²) in [4.78, 5) is 24.2. The van der Waals surface area contributed by atoms with Gasteiger partial charge in [0, 0.05) is 24.7 Å². The fourth-order valence-electron chi connectivity index (χ4n) is 3.39. The van der Waals surface area contributed by atoms with Crippen LogP contribution >= 0.6 is 0 Å². The second kappa shape index (κ2) is 9.27. The Morgan fingerprint density at radius 3 is 2.70 bits per heavy atom. The third-order valence-corrected chi connectivity index (χ3v) is 6.19. The molecule has 0 aromatic heterocycles. The van der Waals surface area contributed by atoms with E-state index in [1.54, 1.807) is 42.5 Å². The van der Waals surface area contributed by atoms with Crippen LogP contribution in [0.5, 0.6) is 5.75 Å². The number of para-hydroxylation sites is 1. The molecule has 3 rings (SSSR count). The Hall–Kier alpha value is -2.91. The van der Waals surface area contributed by atoms with Crippen molar-refractivity contribution in [3.8, 4) is 5.75 Å². The number of piperidine rings is 1. The van der Waals surface area contributed by atoms with Crippen LogP contribution in [0.15, 0.2) is 48.5 Å². The van der Waals surface area contributed by atoms with Crippen LogP contribution in [0.4, 0.5) is 0 Å². The highest BCUT2D eigenvalue weighted by atomic mass is 32.2. The molecule has 0 saturated carbocycles. The second-order valence-corrected chi connectivity index (χ2v) is 9.27. The van der Waals surface area contributed by atoms with Gasteiger partial charge in [-0.05, 0) is 42.7 Å². The number of sulfonamides is 1. The Morgan fingerprint density at radius 2 is 1.97 bits per heavy atom. The van der Waals surface area contributed by atoms with Crippen molar-refractivity contribution >= 4 is 21.8 Å². The van der Waals surface area contributed by atoms with Crippen molar-refractivity contribution in [2.45, 2.75) is 25.5 Å². The number of hydrogen-bond donors (Lipinski definition) is 2. The van der Waals surface area contributed by atoms with Gasteiger partial charge >= 0.3 is 0 Å². The highest BCUT2D eigenvalue weighted by molar-refractivity contribution is 7.88. The summed E-state index contributed by atoms with van der Waals surface area (Å²) < 4.78 is 30.6. The number of rotatable bonds is 7. The number of carbonyl (C=O) groups excluding carboxylic acids is 2. The number of nitrogens with two attached hydrogens (primary N) is 1. The number of benzene rings is 2. The lowest BCUT2D eigenvalue weighted by molar-refractivity contribution is 0.0920. The Labute approximate surface area is 176 Å². The van der Waals surface area contributed by atoms with Crippen LogP contribution in [0.2, 0.25) is 0 Å². The van der Waals surface area contributed by atoms with Crippen LogP contribution in [0.3, 0.4) is 0 Å². The molecule has 2 aromatic rings. The first-order chi connectivity index (χ1) is 14.2. The molecule has 9 heteroatoms. The summed E-state index contributed by atoms with van der Waals surface area (Å²) in [7, 11) is -3.28. The van der Waals surface area contributed by atoms with Gasteiger partial charge in [-0.3, -0.25) is 9.59 Å². The molecule has 1 heterocycles. The lowest BCUT2D eigenvalue weighted by Gasteiger charge is -2.31. The van der Waals surface area contributed by atoms with Crippen LogP contribution in [0.25, 0.3) is 0 Å². The first-order valence-electron chi connectivity index (χ1n) is 9.60. The fourth-order valence-corrected chi connectivity index (χ4v) is 4.30. The van der Waals surface area contributed by atoms with Gasteiger partial charge in [0.25, 0.3) is 11.8 Å². The predicted molar refractivity (Wildman–Crippen MR) is 113 cm³/mol. The standard InChI is InChI=1S/C21H25N3O5S/c1-30(27,28)24-11-5-8-17(13-24)23-21(26)16-7-4-6-15(12-16)14-29-19-10-3-2-9-18(19)20(22)25/h2-4,6-7,9-10,12,17H,5,8,11,13-14H2,1H3,(H2,22,25)(H,23,26). The lowest BCUT2D eigenvalue weighted by Crippen LogP contribution is -2.49. The number of nitrogens with zero attached hydrogens (tertiary/aromatic N) is 1. The Morgan fingerprint density at radius 1 is 1.20 bits per heavy atom. The first kappa shape index (κ1) is 21.8. The van der Waals surface area contributed by atoms with Gasteiger partial charge in [-0.1, -0.05) is 24.3 Å². The van der Waals surface area contributed by atoms with Crippen LogP contribution < -0.4 is 15.8 Å². The van der Waals surface area contributed by atoms with Crippen molar-refractivity contribution in [3.05, 3.63) is 65.2 Å². The maximum atomic E-state index is 12.7. The lowest BCUT2D eigenvalue weighted by atomic mass is 10.1. The molecule has 8 nitrogen and oxygen atoms in total. The van der Waals surface area contributed by atoms with Gasteiger partial charge < -0.3 is 15.8 Å². The minimum absolute atomic E-state index is 0.163.